The van der Waals surface area contributed by atoms with Crippen molar-refractivity contribution < 1.29 is 9.53 Å². The van der Waals surface area contributed by atoms with E-state index in [9.17, 15) is 4.79 Å². The van der Waals surface area contributed by atoms with E-state index in [1.165, 1.54) is 4.80 Å². The van der Waals surface area contributed by atoms with Gasteiger partial charge in [-0.25, -0.2) is 4.98 Å². The van der Waals surface area contributed by atoms with Gasteiger partial charge in [0.15, 0.2) is 0 Å². The molecule has 0 N–H and O–H groups in total. The Balaban J connectivity index is 1.38. The highest BCUT2D eigenvalue weighted by molar-refractivity contribution is 5.97. The number of pyridine rings is 1. The summed E-state index contributed by atoms with van der Waals surface area (Å²) >= 11 is 0. The molecule has 0 aliphatic carbocycles. The fourth-order valence-corrected chi connectivity index (χ4v) is 4.76. The van der Waals surface area contributed by atoms with E-state index in [4.69, 9.17) is 4.74 Å². The van der Waals surface area contributed by atoms with Crippen LogP contribution in [-0.4, -0.2) is 63.1 Å². The van der Waals surface area contributed by atoms with Gasteiger partial charge in [0, 0.05) is 31.9 Å². The Bertz CT molecular complexity index is 1050. The van der Waals surface area contributed by atoms with Gasteiger partial charge in [0.1, 0.15) is 11.6 Å². The number of piperidine rings is 1. The first-order chi connectivity index (χ1) is 15.2. The first-order valence-corrected chi connectivity index (χ1v) is 10.8. The smallest absolute Gasteiger partial charge is 0.256 e. The lowest BCUT2D eigenvalue weighted by atomic mass is 9.91. The molecule has 5 rings (SSSR count). The van der Waals surface area contributed by atoms with Gasteiger partial charge in [0.05, 0.1) is 36.3 Å². The second-order valence-corrected chi connectivity index (χ2v) is 7.97. The summed E-state index contributed by atoms with van der Waals surface area (Å²) in [6.07, 6.45) is 7.16. The molecule has 0 saturated carbocycles. The average molecular weight is 419 g/mol. The number of ether oxygens (including phenoxy) is 1. The Morgan fingerprint density at radius 1 is 1.10 bits per heavy atom. The zero-order valence-corrected chi connectivity index (χ0v) is 17.6. The third-order valence-electron chi connectivity index (χ3n) is 6.24. The van der Waals surface area contributed by atoms with E-state index >= 15 is 0 Å². The van der Waals surface area contributed by atoms with E-state index in [0.717, 1.165) is 37.5 Å². The Morgan fingerprint density at radius 2 is 1.90 bits per heavy atom. The van der Waals surface area contributed by atoms with Gasteiger partial charge >= 0.3 is 0 Å². The topological polar surface area (TPSA) is 76.4 Å². The number of carbonyl (C=O) groups is 1. The van der Waals surface area contributed by atoms with Gasteiger partial charge in [-0.1, -0.05) is 12.1 Å². The number of benzene rings is 1. The molecule has 31 heavy (non-hydrogen) atoms. The van der Waals surface area contributed by atoms with Crippen LogP contribution in [0.25, 0.3) is 5.69 Å². The maximum atomic E-state index is 13.5. The lowest BCUT2D eigenvalue weighted by Crippen LogP contribution is -2.50. The van der Waals surface area contributed by atoms with Crippen molar-refractivity contribution in [2.24, 2.45) is 5.92 Å². The van der Waals surface area contributed by atoms with E-state index in [1.807, 2.05) is 48.2 Å². The summed E-state index contributed by atoms with van der Waals surface area (Å²) in [5.41, 5.74) is 1.33. The molecule has 2 saturated heterocycles. The molecule has 8 nitrogen and oxygen atoms in total. The second-order valence-electron chi connectivity index (χ2n) is 7.97. The van der Waals surface area contributed by atoms with E-state index in [-0.39, 0.29) is 11.9 Å². The highest BCUT2D eigenvalue weighted by Gasteiger charge is 2.40. The van der Waals surface area contributed by atoms with Gasteiger partial charge in [-0.05, 0) is 43.9 Å². The minimum Gasteiger partial charge on any atom is -0.494 e. The van der Waals surface area contributed by atoms with Crippen LogP contribution in [-0.2, 0) is 0 Å². The number of anilines is 1. The molecule has 3 aromatic rings. The summed E-state index contributed by atoms with van der Waals surface area (Å²) in [4.78, 5) is 23.9. The lowest BCUT2D eigenvalue weighted by Gasteiger charge is -2.39. The van der Waals surface area contributed by atoms with Crippen molar-refractivity contribution in [1.82, 2.24) is 24.9 Å². The summed E-state index contributed by atoms with van der Waals surface area (Å²) in [5.74, 6) is 2.35. The van der Waals surface area contributed by atoms with Crippen molar-refractivity contribution in [3.63, 3.8) is 0 Å². The highest BCUT2D eigenvalue weighted by atomic mass is 16.5. The maximum absolute atomic E-state index is 13.5. The number of amides is 1. The molecule has 2 fully saturated rings. The number of aromatic nitrogens is 4. The van der Waals surface area contributed by atoms with Crippen LogP contribution in [0.4, 0.5) is 5.82 Å². The number of para-hydroxylation sites is 1. The molecule has 2 atom stereocenters. The molecule has 1 amide bonds. The fraction of sp³-hybridized carbons (Fsp3) is 0.391. The molecule has 2 unspecified atom stereocenters. The van der Waals surface area contributed by atoms with Crippen molar-refractivity contribution in [2.45, 2.75) is 25.8 Å². The van der Waals surface area contributed by atoms with Crippen LogP contribution in [0.2, 0.25) is 0 Å². The van der Waals surface area contributed by atoms with Gasteiger partial charge in [0.25, 0.3) is 5.91 Å². The SMILES string of the molecule is CCOc1ccnc(N2CCC3CCN(C(=O)c4ccccc4-n4nccn4)CC32)c1. The normalized spacial score (nSPS) is 20.5. The standard InChI is InChI=1S/C23H26N6O2/c1-2-31-18-7-10-24-22(15-18)28-14-9-17-8-13-27(16-21(17)28)23(30)19-5-3-4-6-20(19)29-25-11-12-26-29/h3-7,10-12,15,17,21H,2,8-9,13-14,16H2,1H3. The molecule has 0 bridgehead atoms. The molecule has 8 heteroatoms. The minimum absolute atomic E-state index is 0.0224. The number of carbonyl (C=O) groups excluding carboxylic acids is 1. The van der Waals surface area contributed by atoms with Gasteiger partial charge in [-0.3, -0.25) is 4.79 Å². The van der Waals surface area contributed by atoms with Crippen LogP contribution >= 0.6 is 0 Å². The molecule has 1 aromatic carbocycles. The van der Waals surface area contributed by atoms with Crippen LogP contribution < -0.4 is 9.64 Å². The van der Waals surface area contributed by atoms with E-state index in [2.05, 4.69) is 20.1 Å². The molecule has 4 heterocycles. The summed E-state index contributed by atoms with van der Waals surface area (Å²) in [6.45, 7) is 5.01. The van der Waals surface area contributed by atoms with Crippen molar-refractivity contribution in [3.05, 3.63) is 60.6 Å². The fourth-order valence-electron chi connectivity index (χ4n) is 4.76. The number of hydrogen-bond donors (Lipinski definition) is 0. The predicted molar refractivity (Wildman–Crippen MR) is 117 cm³/mol. The Morgan fingerprint density at radius 3 is 2.74 bits per heavy atom. The number of likely N-dealkylation sites (tertiary alicyclic amines) is 1. The van der Waals surface area contributed by atoms with Crippen molar-refractivity contribution in [3.8, 4) is 11.4 Å². The van der Waals surface area contributed by atoms with Crippen LogP contribution in [0.1, 0.15) is 30.1 Å². The maximum Gasteiger partial charge on any atom is 0.256 e. The molecule has 0 spiro atoms. The largest absolute Gasteiger partial charge is 0.494 e. The summed E-state index contributed by atoms with van der Waals surface area (Å²) in [6, 6.07) is 11.7. The minimum atomic E-state index is 0.0224. The van der Waals surface area contributed by atoms with Crippen LogP contribution in [0.3, 0.4) is 0 Å². The zero-order chi connectivity index (χ0) is 21.2. The number of fused-ring (bicyclic) bond motifs is 1. The Hall–Kier alpha value is -3.42. The predicted octanol–water partition coefficient (Wildman–Crippen LogP) is 2.80. The molecular weight excluding hydrogens is 392 g/mol. The first kappa shape index (κ1) is 19.5. The Labute approximate surface area is 181 Å². The third-order valence-corrected chi connectivity index (χ3v) is 6.24. The van der Waals surface area contributed by atoms with Gasteiger partial charge in [-0.2, -0.15) is 15.0 Å². The molecular formula is C23H26N6O2. The molecule has 2 aromatic heterocycles. The first-order valence-electron chi connectivity index (χ1n) is 10.8. The van der Waals surface area contributed by atoms with Crippen LogP contribution in [0.15, 0.2) is 55.0 Å². The van der Waals surface area contributed by atoms with Crippen LogP contribution in [0, 0.1) is 5.92 Å². The zero-order valence-electron chi connectivity index (χ0n) is 17.6. The molecule has 160 valence electrons. The second kappa shape index (κ2) is 8.37. The monoisotopic (exact) mass is 418 g/mol. The molecule has 2 aliphatic rings. The van der Waals surface area contributed by atoms with Gasteiger partial charge in [-0.15, -0.1) is 0 Å². The van der Waals surface area contributed by atoms with Crippen molar-refractivity contribution in [2.75, 3.05) is 31.1 Å². The van der Waals surface area contributed by atoms with Crippen LogP contribution in [0.5, 0.6) is 5.75 Å². The average Bonchev–Trinajstić information content (AvgIpc) is 3.49. The lowest BCUT2D eigenvalue weighted by molar-refractivity contribution is 0.0678. The molecule has 2 aliphatic heterocycles. The Kier molecular flexibility index (Phi) is 5.28. The van der Waals surface area contributed by atoms with E-state index in [1.54, 1.807) is 18.6 Å². The summed E-state index contributed by atoms with van der Waals surface area (Å²) < 4.78 is 5.66. The van der Waals surface area contributed by atoms with E-state index < -0.39 is 0 Å². The summed E-state index contributed by atoms with van der Waals surface area (Å²) in [5, 5.41) is 8.42. The molecule has 0 radical (unpaired) electrons. The van der Waals surface area contributed by atoms with Gasteiger partial charge in [0.2, 0.25) is 0 Å². The summed E-state index contributed by atoms with van der Waals surface area (Å²) in [7, 11) is 0. The van der Waals surface area contributed by atoms with Crippen molar-refractivity contribution in [1.29, 1.82) is 0 Å². The van der Waals surface area contributed by atoms with Crippen molar-refractivity contribution >= 4 is 11.7 Å². The number of hydrogen-bond acceptors (Lipinski definition) is 6. The number of nitrogens with zero attached hydrogens (tertiary/aromatic N) is 6. The van der Waals surface area contributed by atoms with E-state index in [0.29, 0.717) is 30.3 Å². The number of rotatable bonds is 5. The van der Waals surface area contributed by atoms with Gasteiger partial charge < -0.3 is 14.5 Å². The highest BCUT2D eigenvalue weighted by Crippen LogP contribution is 2.35. The quantitative estimate of drug-likeness (QED) is 0.634. The third kappa shape index (κ3) is 3.73.